The van der Waals surface area contributed by atoms with Crippen LogP contribution in [0, 0.1) is 0 Å². The van der Waals surface area contributed by atoms with Gasteiger partial charge >= 0.3 is 5.97 Å². The van der Waals surface area contributed by atoms with Crippen LogP contribution >= 0.6 is 0 Å². The van der Waals surface area contributed by atoms with Gasteiger partial charge in [-0.2, -0.15) is 0 Å². The summed E-state index contributed by atoms with van der Waals surface area (Å²) in [6.07, 6.45) is 2.12. The third-order valence-electron chi connectivity index (χ3n) is 1.59. The largest absolute Gasteiger partial charge is 0.481 e. The van der Waals surface area contributed by atoms with Crippen molar-refractivity contribution in [3.63, 3.8) is 0 Å². The van der Waals surface area contributed by atoms with Crippen molar-refractivity contribution in [1.29, 1.82) is 0 Å². The number of allylic oxidation sites excluding steroid dienone is 1. The normalized spacial score (nSPS) is 12.7. The van der Waals surface area contributed by atoms with E-state index in [1.807, 2.05) is 0 Å². The van der Waals surface area contributed by atoms with Gasteiger partial charge in [-0.1, -0.05) is 6.08 Å². The third kappa shape index (κ3) is 8.89. The zero-order valence-corrected chi connectivity index (χ0v) is 8.53. The quantitative estimate of drug-likeness (QED) is 0.273. The summed E-state index contributed by atoms with van der Waals surface area (Å²) < 4.78 is 12.9. The Hall–Kier alpha value is -1.43. The van der Waals surface area contributed by atoms with Gasteiger partial charge in [-0.15, -0.1) is 0 Å². The van der Waals surface area contributed by atoms with Gasteiger partial charge in [-0.05, 0) is 19.8 Å². The molecule has 15 heavy (non-hydrogen) atoms. The predicted molar refractivity (Wildman–Crippen MR) is 53.6 cm³/mol. The molecule has 0 aliphatic heterocycles. The Kier molecular flexibility index (Phi) is 7.17. The Morgan fingerprint density at radius 3 is 2.80 bits per heavy atom. The van der Waals surface area contributed by atoms with Crippen LogP contribution in [-0.4, -0.2) is 28.7 Å². The molecule has 0 aromatic carbocycles. The van der Waals surface area contributed by atoms with E-state index in [1.165, 1.54) is 13.0 Å². The minimum Gasteiger partial charge on any atom is -0.481 e. The lowest BCUT2D eigenvalue weighted by Crippen LogP contribution is -2.15. The highest BCUT2D eigenvalue weighted by Gasteiger charge is 1.97. The lowest BCUT2D eigenvalue weighted by atomic mass is 10.2. The average molecular weight is 218 g/mol. The zero-order chi connectivity index (χ0) is 11.7. The summed E-state index contributed by atoms with van der Waals surface area (Å²) in [5.74, 6) is -1.10. The van der Waals surface area contributed by atoms with Gasteiger partial charge in [0, 0.05) is 6.42 Å². The van der Waals surface area contributed by atoms with Crippen molar-refractivity contribution in [2.24, 2.45) is 4.99 Å². The first kappa shape index (κ1) is 13.6. The first-order valence-corrected chi connectivity index (χ1v) is 4.53. The Bertz CT molecular complexity index is 264. The van der Waals surface area contributed by atoms with Crippen LogP contribution in [0.4, 0.5) is 4.39 Å². The van der Waals surface area contributed by atoms with Gasteiger partial charge in [0.15, 0.2) is 0 Å². The van der Waals surface area contributed by atoms with Gasteiger partial charge in [0.2, 0.25) is 0 Å². The highest BCUT2D eigenvalue weighted by molar-refractivity contribution is 5.78. The lowest BCUT2D eigenvalue weighted by Gasteiger charge is -1.96. The van der Waals surface area contributed by atoms with Crippen molar-refractivity contribution in [2.75, 3.05) is 6.54 Å². The first-order chi connectivity index (χ1) is 7.06. The summed E-state index contributed by atoms with van der Waals surface area (Å²) in [6.45, 7) is 1.35. The van der Waals surface area contributed by atoms with Crippen molar-refractivity contribution in [3.05, 3.63) is 11.9 Å². The Balaban J connectivity index is 3.74. The Morgan fingerprint density at radius 1 is 1.60 bits per heavy atom. The van der Waals surface area contributed by atoms with Crippen LogP contribution in [0.3, 0.4) is 0 Å². The molecular formula is C9H15FN2O3. The van der Waals surface area contributed by atoms with E-state index >= 15 is 0 Å². The molecule has 0 bridgehead atoms. The molecule has 0 saturated carbocycles. The molecule has 0 aromatic rings. The maximum atomic E-state index is 12.9. The van der Waals surface area contributed by atoms with Gasteiger partial charge in [0.1, 0.15) is 11.7 Å². The summed E-state index contributed by atoms with van der Waals surface area (Å²) in [4.78, 5) is 13.8. The first-order valence-electron chi connectivity index (χ1n) is 4.53. The van der Waals surface area contributed by atoms with Crippen LogP contribution in [0.1, 0.15) is 26.2 Å². The number of hydroxylamine groups is 1. The van der Waals surface area contributed by atoms with E-state index in [0.29, 0.717) is 12.8 Å². The highest BCUT2D eigenvalue weighted by Crippen LogP contribution is 2.03. The fourth-order valence-electron chi connectivity index (χ4n) is 0.806. The van der Waals surface area contributed by atoms with E-state index in [4.69, 9.17) is 10.3 Å². The number of nitrogens with zero attached hydrogens (tertiary/aromatic N) is 1. The number of carboxylic acids is 1. The topological polar surface area (TPSA) is 81.9 Å². The minimum absolute atomic E-state index is 0.0320. The van der Waals surface area contributed by atoms with Gasteiger partial charge in [0.05, 0.1) is 6.54 Å². The standard InChI is InChI=1S/C9H15FN2O3/c1-7(12-15)11-6-8(10)4-2-3-5-9(13)14/h4,15H,2-3,5-6H2,1H3,(H,11,12)(H,13,14)/b8-4+. The fraction of sp³-hybridized carbons (Fsp3) is 0.556. The molecule has 0 aliphatic carbocycles. The van der Waals surface area contributed by atoms with Gasteiger partial charge in [-0.3, -0.25) is 20.5 Å². The zero-order valence-electron chi connectivity index (χ0n) is 8.53. The SMILES string of the molecule is CC(=NC/C(F)=C\CCCC(=O)O)NO. The maximum Gasteiger partial charge on any atom is 0.303 e. The molecular weight excluding hydrogens is 203 g/mol. The number of carboxylic acid groups (broad SMARTS) is 1. The summed E-state index contributed by atoms with van der Waals surface area (Å²) >= 11 is 0. The molecule has 0 heterocycles. The monoisotopic (exact) mass is 218 g/mol. The van der Waals surface area contributed by atoms with E-state index < -0.39 is 11.8 Å². The van der Waals surface area contributed by atoms with Crippen LogP contribution in [0.5, 0.6) is 0 Å². The Labute approximate surface area is 87.3 Å². The average Bonchev–Trinajstić information content (AvgIpc) is 2.20. The molecule has 5 nitrogen and oxygen atoms in total. The number of nitrogens with one attached hydrogen (secondary N) is 1. The summed E-state index contributed by atoms with van der Waals surface area (Å²) in [7, 11) is 0. The summed E-state index contributed by atoms with van der Waals surface area (Å²) in [6, 6.07) is 0. The molecule has 0 rings (SSSR count). The highest BCUT2D eigenvalue weighted by atomic mass is 19.1. The van der Waals surface area contributed by atoms with E-state index in [2.05, 4.69) is 4.99 Å². The third-order valence-corrected chi connectivity index (χ3v) is 1.59. The molecule has 86 valence electrons. The van der Waals surface area contributed by atoms with Crippen LogP contribution < -0.4 is 5.48 Å². The second kappa shape index (κ2) is 7.93. The van der Waals surface area contributed by atoms with E-state index in [-0.39, 0.29) is 18.8 Å². The molecule has 0 aliphatic rings. The van der Waals surface area contributed by atoms with Crippen molar-refractivity contribution in [1.82, 2.24) is 5.48 Å². The maximum absolute atomic E-state index is 12.9. The molecule has 3 N–H and O–H groups in total. The van der Waals surface area contributed by atoms with E-state index in [0.717, 1.165) is 0 Å². The van der Waals surface area contributed by atoms with E-state index in [1.54, 1.807) is 5.48 Å². The van der Waals surface area contributed by atoms with Crippen molar-refractivity contribution < 1.29 is 19.5 Å². The minimum atomic E-state index is -0.887. The number of amidine groups is 1. The van der Waals surface area contributed by atoms with Crippen molar-refractivity contribution in [3.8, 4) is 0 Å². The number of halogens is 1. The van der Waals surface area contributed by atoms with Crippen LogP contribution in [0.2, 0.25) is 0 Å². The lowest BCUT2D eigenvalue weighted by molar-refractivity contribution is -0.137. The van der Waals surface area contributed by atoms with Crippen LogP contribution in [0.15, 0.2) is 16.9 Å². The van der Waals surface area contributed by atoms with Crippen LogP contribution in [0.25, 0.3) is 0 Å². The number of aliphatic imine (C=N–C) groups is 1. The second-order valence-corrected chi connectivity index (χ2v) is 2.95. The molecule has 0 aromatic heterocycles. The molecule has 0 atom stereocenters. The van der Waals surface area contributed by atoms with Crippen molar-refractivity contribution >= 4 is 11.8 Å². The van der Waals surface area contributed by atoms with Gasteiger partial charge in [0.25, 0.3) is 0 Å². The Morgan fingerprint density at radius 2 is 2.27 bits per heavy atom. The second-order valence-electron chi connectivity index (χ2n) is 2.95. The molecule has 6 heteroatoms. The van der Waals surface area contributed by atoms with Crippen molar-refractivity contribution in [2.45, 2.75) is 26.2 Å². The number of aliphatic carboxylic acids is 1. The number of unbranched alkanes of at least 4 members (excludes halogenated alkanes) is 1. The van der Waals surface area contributed by atoms with Gasteiger partial charge in [-0.25, -0.2) is 4.39 Å². The smallest absolute Gasteiger partial charge is 0.303 e. The van der Waals surface area contributed by atoms with Gasteiger partial charge < -0.3 is 5.11 Å². The number of hydrogen-bond acceptors (Lipinski definition) is 3. The number of rotatable bonds is 6. The predicted octanol–water partition coefficient (Wildman–Crippen LogP) is 1.49. The molecule has 0 unspecified atom stereocenters. The van der Waals surface area contributed by atoms with Crippen LogP contribution in [-0.2, 0) is 4.79 Å². The molecule has 0 saturated heterocycles. The molecule has 0 spiro atoms. The summed E-state index contributed by atoms with van der Waals surface area (Å²) in [5.41, 5.74) is 1.78. The molecule has 0 fully saturated rings. The fourth-order valence-corrected chi connectivity index (χ4v) is 0.806. The summed E-state index contributed by atoms with van der Waals surface area (Å²) in [5, 5.41) is 16.6. The number of hydrogen-bond donors (Lipinski definition) is 3. The number of carbonyl (C=O) groups is 1. The molecule has 0 radical (unpaired) electrons. The molecule has 0 amide bonds. The van der Waals surface area contributed by atoms with E-state index in [9.17, 15) is 9.18 Å².